The zero-order valence-corrected chi connectivity index (χ0v) is 14.4. The second-order valence-electron chi connectivity index (χ2n) is 5.64. The molecule has 8 heteroatoms. The van der Waals surface area contributed by atoms with Crippen molar-refractivity contribution in [3.63, 3.8) is 0 Å². The number of anilines is 1. The van der Waals surface area contributed by atoms with Gasteiger partial charge in [0.15, 0.2) is 5.16 Å². The van der Waals surface area contributed by atoms with E-state index in [0.29, 0.717) is 24.3 Å². The van der Waals surface area contributed by atoms with Crippen LogP contribution >= 0.6 is 11.8 Å². The highest BCUT2D eigenvalue weighted by Gasteiger charge is 2.29. The normalized spacial score (nSPS) is 13.7. The largest absolute Gasteiger partial charge is 0.496 e. The molecule has 1 aromatic heterocycles. The van der Waals surface area contributed by atoms with E-state index in [4.69, 9.17) is 10.5 Å². The molecular weight excluding hydrogens is 326 g/mol. The number of nitrogen functional groups attached to an aromatic ring is 1. The molecule has 1 aliphatic rings. The Kier molecular flexibility index (Phi) is 5.24. The van der Waals surface area contributed by atoms with Crippen LogP contribution in [-0.4, -0.2) is 40.1 Å². The predicted molar refractivity (Wildman–Crippen MR) is 93.1 cm³/mol. The van der Waals surface area contributed by atoms with Gasteiger partial charge in [-0.25, -0.2) is 0 Å². The van der Waals surface area contributed by atoms with E-state index in [9.17, 15) is 4.79 Å². The fourth-order valence-electron chi connectivity index (χ4n) is 2.49. The number of methoxy groups -OCH3 is 1. The molecule has 3 N–H and O–H groups in total. The number of hydrogen-bond acceptors (Lipinski definition) is 6. The molecule has 0 bridgehead atoms. The van der Waals surface area contributed by atoms with Gasteiger partial charge in [-0.15, -0.1) is 10.2 Å². The van der Waals surface area contributed by atoms with E-state index in [1.807, 2.05) is 28.8 Å². The van der Waals surface area contributed by atoms with Crippen molar-refractivity contribution in [1.29, 1.82) is 0 Å². The quantitative estimate of drug-likeness (QED) is 0.705. The Morgan fingerprint density at radius 1 is 1.42 bits per heavy atom. The summed E-state index contributed by atoms with van der Waals surface area (Å²) in [6, 6.07) is 8.21. The number of nitrogens with zero attached hydrogens (tertiary/aromatic N) is 3. The Morgan fingerprint density at radius 2 is 2.21 bits per heavy atom. The highest BCUT2D eigenvalue weighted by molar-refractivity contribution is 7.99. The van der Waals surface area contributed by atoms with Crippen molar-refractivity contribution in [2.24, 2.45) is 0 Å². The van der Waals surface area contributed by atoms with Crippen molar-refractivity contribution in [1.82, 2.24) is 20.1 Å². The standard InChI is InChI=1S/C16H21N5O2S/c1-23-13-5-3-2-4-11(13)8-9-18-14(22)10-24-16-20-19-15(17)21(16)12-6-7-12/h2-5,12H,6-10H2,1H3,(H2,17,19)(H,18,22). The summed E-state index contributed by atoms with van der Waals surface area (Å²) in [6.07, 6.45) is 2.92. The lowest BCUT2D eigenvalue weighted by Gasteiger charge is -2.09. The molecule has 1 amide bonds. The maximum atomic E-state index is 12.0. The summed E-state index contributed by atoms with van der Waals surface area (Å²) in [6.45, 7) is 0.567. The second kappa shape index (κ2) is 7.57. The number of nitrogens with one attached hydrogen (secondary N) is 1. The minimum atomic E-state index is -0.0289. The van der Waals surface area contributed by atoms with Gasteiger partial charge in [0, 0.05) is 12.6 Å². The molecule has 1 aromatic carbocycles. The fraction of sp³-hybridized carbons (Fsp3) is 0.438. The van der Waals surface area contributed by atoms with Crippen molar-refractivity contribution in [3.8, 4) is 5.75 Å². The first-order valence-corrected chi connectivity index (χ1v) is 8.89. The number of benzene rings is 1. The van der Waals surface area contributed by atoms with Crippen LogP contribution < -0.4 is 15.8 Å². The van der Waals surface area contributed by atoms with Gasteiger partial charge in [-0.2, -0.15) is 0 Å². The van der Waals surface area contributed by atoms with E-state index >= 15 is 0 Å². The van der Waals surface area contributed by atoms with Crippen LogP contribution in [0, 0.1) is 0 Å². The van der Waals surface area contributed by atoms with Crippen LogP contribution in [0.5, 0.6) is 5.75 Å². The molecule has 0 unspecified atom stereocenters. The van der Waals surface area contributed by atoms with Crippen LogP contribution in [0.15, 0.2) is 29.4 Å². The summed E-state index contributed by atoms with van der Waals surface area (Å²) in [5, 5.41) is 11.6. The topological polar surface area (TPSA) is 95.1 Å². The van der Waals surface area contributed by atoms with E-state index in [1.165, 1.54) is 11.8 Å². The zero-order valence-electron chi connectivity index (χ0n) is 13.6. The molecule has 24 heavy (non-hydrogen) atoms. The van der Waals surface area contributed by atoms with Gasteiger partial charge >= 0.3 is 0 Å². The lowest BCUT2D eigenvalue weighted by Crippen LogP contribution is -2.27. The van der Waals surface area contributed by atoms with Crippen molar-refractivity contribution >= 4 is 23.6 Å². The van der Waals surface area contributed by atoms with Gasteiger partial charge in [0.05, 0.1) is 12.9 Å². The second-order valence-corrected chi connectivity index (χ2v) is 6.58. The number of hydrogen-bond donors (Lipinski definition) is 2. The third-order valence-electron chi connectivity index (χ3n) is 3.84. The van der Waals surface area contributed by atoms with Gasteiger partial charge in [0.2, 0.25) is 11.9 Å². The molecule has 0 atom stereocenters. The Hall–Kier alpha value is -2.22. The van der Waals surface area contributed by atoms with Gasteiger partial charge in [-0.05, 0) is 30.9 Å². The number of carbonyl (C=O) groups is 1. The summed E-state index contributed by atoms with van der Waals surface area (Å²) in [4.78, 5) is 12.0. The van der Waals surface area contributed by atoms with Crippen LogP contribution in [0.1, 0.15) is 24.4 Å². The molecular formula is C16H21N5O2S. The highest BCUT2D eigenvalue weighted by Crippen LogP contribution is 2.39. The number of nitrogens with two attached hydrogens (primary N) is 1. The van der Waals surface area contributed by atoms with Crippen molar-refractivity contribution in [2.75, 3.05) is 25.1 Å². The monoisotopic (exact) mass is 347 g/mol. The number of carbonyl (C=O) groups excluding carboxylic acids is 1. The SMILES string of the molecule is COc1ccccc1CCNC(=O)CSc1nnc(N)n1C1CC1. The van der Waals surface area contributed by atoms with Gasteiger partial charge in [-0.1, -0.05) is 30.0 Å². The van der Waals surface area contributed by atoms with Gasteiger partial charge in [0.25, 0.3) is 0 Å². The Labute approximate surface area is 145 Å². The van der Waals surface area contributed by atoms with E-state index < -0.39 is 0 Å². The van der Waals surface area contributed by atoms with E-state index in [0.717, 1.165) is 35.7 Å². The van der Waals surface area contributed by atoms with Gasteiger partial charge < -0.3 is 15.8 Å². The molecule has 0 saturated heterocycles. The summed E-state index contributed by atoms with van der Waals surface area (Å²) < 4.78 is 7.23. The average molecular weight is 347 g/mol. The molecule has 7 nitrogen and oxygen atoms in total. The lowest BCUT2D eigenvalue weighted by molar-refractivity contribution is -0.118. The molecule has 1 heterocycles. The van der Waals surface area contributed by atoms with Gasteiger partial charge in [-0.3, -0.25) is 9.36 Å². The maximum Gasteiger partial charge on any atom is 0.230 e. The van der Waals surface area contributed by atoms with E-state index in [1.54, 1.807) is 7.11 Å². The zero-order chi connectivity index (χ0) is 16.9. The van der Waals surface area contributed by atoms with Crippen LogP contribution in [0.2, 0.25) is 0 Å². The Balaban J connectivity index is 1.45. The summed E-state index contributed by atoms with van der Waals surface area (Å²) in [5.41, 5.74) is 6.90. The van der Waals surface area contributed by atoms with Crippen LogP contribution in [0.25, 0.3) is 0 Å². The third-order valence-corrected chi connectivity index (χ3v) is 4.79. The Morgan fingerprint density at radius 3 is 2.96 bits per heavy atom. The van der Waals surface area contributed by atoms with Crippen LogP contribution in [0.4, 0.5) is 5.95 Å². The molecule has 128 valence electrons. The molecule has 1 saturated carbocycles. The molecule has 2 aromatic rings. The molecule has 1 aliphatic carbocycles. The van der Waals surface area contributed by atoms with Crippen molar-refractivity contribution in [2.45, 2.75) is 30.5 Å². The Bertz CT molecular complexity index is 714. The third kappa shape index (κ3) is 4.00. The minimum Gasteiger partial charge on any atom is -0.496 e. The van der Waals surface area contributed by atoms with Crippen molar-refractivity contribution in [3.05, 3.63) is 29.8 Å². The first kappa shape index (κ1) is 16.6. The van der Waals surface area contributed by atoms with Crippen molar-refractivity contribution < 1.29 is 9.53 Å². The predicted octanol–water partition coefficient (Wildman–Crippen LogP) is 1.65. The number of rotatable bonds is 8. The summed E-state index contributed by atoms with van der Waals surface area (Å²) >= 11 is 1.37. The summed E-state index contributed by atoms with van der Waals surface area (Å²) in [7, 11) is 1.65. The molecule has 1 fully saturated rings. The smallest absolute Gasteiger partial charge is 0.230 e. The lowest BCUT2D eigenvalue weighted by atomic mass is 10.1. The number of aromatic nitrogens is 3. The molecule has 0 spiro atoms. The average Bonchev–Trinajstić information content (AvgIpc) is 3.36. The number of thioether (sulfide) groups is 1. The fourth-order valence-corrected chi connectivity index (χ4v) is 3.33. The van der Waals surface area contributed by atoms with Crippen LogP contribution in [0.3, 0.4) is 0 Å². The molecule has 3 rings (SSSR count). The first-order chi connectivity index (χ1) is 11.7. The first-order valence-electron chi connectivity index (χ1n) is 7.91. The maximum absolute atomic E-state index is 12.0. The van der Waals surface area contributed by atoms with E-state index in [2.05, 4.69) is 15.5 Å². The van der Waals surface area contributed by atoms with Gasteiger partial charge in [0.1, 0.15) is 5.75 Å². The number of ether oxygens (including phenoxy) is 1. The molecule has 0 aliphatic heterocycles. The minimum absolute atomic E-state index is 0.0289. The van der Waals surface area contributed by atoms with Crippen LogP contribution in [-0.2, 0) is 11.2 Å². The highest BCUT2D eigenvalue weighted by atomic mass is 32.2. The number of amides is 1. The summed E-state index contributed by atoms with van der Waals surface area (Å²) in [5.74, 6) is 1.54. The molecule has 0 radical (unpaired) electrons. The number of para-hydroxylation sites is 1. The van der Waals surface area contributed by atoms with E-state index in [-0.39, 0.29) is 5.91 Å².